The summed E-state index contributed by atoms with van der Waals surface area (Å²) in [4.78, 5) is 11.6. The molecule has 0 amide bonds. The van der Waals surface area contributed by atoms with E-state index in [1.54, 1.807) is 24.3 Å². The van der Waals surface area contributed by atoms with Gasteiger partial charge in [-0.15, -0.1) is 12.1 Å². The second-order valence-corrected chi connectivity index (χ2v) is 3.30. The van der Waals surface area contributed by atoms with Crippen molar-refractivity contribution < 1.29 is 9.53 Å². The van der Waals surface area contributed by atoms with Crippen LogP contribution in [0.2, 0.25) is 0 Å². The SMILES string of the molecule is O=C(O[CH-]c1ccccc1)c1ccccc1. The molecule has 0 aliphatic rings. The van der Waals surface area contributed by atoms with Crippen LogP contribution in [0.25, 0.3) is 0 Å². The molecule has 16 heavy (non-hydrogen) atoms. The van der Waals surface area contributed by atoms with Crippen molar-refractivity contribution in [1.82, 2.24) is 0 Å². The molecule has 0 radical (unpaired) electrons. The second-order valence-electron chi connectivity index (χ2n) is 3.30. The van der Waals surface area contributed by atoms with Crippen LogP contribution in [-0.4, -0.2) is 5.97 Å². The Bertz CT molecular complexity index is 449. The molecule has 0 saturated heterocycles. The van der Waals surface area contributed by atoms with Crippen molar-refractivity contribution in [1.29, 1.82) is 0 Å². The maximum absolute atomic E-state index is 11.6. The van der Waals surface area contributed by atoms with Crippen LogP contribution in [0.15, 0.2) is 60.7 Å². The summed E-state index contributed by atoms with van der Waals surface area (Å²) in [5.74, 6) is -0.343. The highest BCUT2D eigenvalue weighted by Crippen LogP contribution is 2.07. The van der Waals surface area contributed by atoms with Crippen molar-refractivity contribution in [2.45, 2.75) is 0 Å². The first-order valence-electron chi connectivity index (χ1n) is 5.00. The van der Waals surface area contributed by atoms with Crippen molar-refractivity contribution in [3.8, 4) is 0 Å². The predicted molar refractivity (Wildman–Crippen MR) is 61.7 cm³/mol. The van der Waals surface area contributed by atoms with Gasteiger partial charge in [-0.05, 0) is 18.7 Å². The van der Waals surface area contributed by atoms with E-state index in [1.165, 1.54) is 6.61 Å². The molecule has 2 heteroatoms. The number of carbonyl (C=O) groups is 1. The van der Waals surface area contributed by atoms with E-state index in [4.69, 9.17) is 4.74 Å². The first-order valence-corrected chi connectivity index (χ1v) is 5.00. The number of hydrogen-bond donors (Lipinski definition) is 0. The van der Waals surface area contributed by atoms with Crippen LogP contribution in [0.5, 0.6) is 0 Å². The number of rotatable bonds is 3. The summed E-state index contributed by atoms with van der Waals surface area (Å²) in [7, 11) is 0. The molecule has 2 aromatic carbocycles. The van der Waals surface area contributed by atoms with E-state index >= 15 is 0 Å². The molecule has 0 aliphatic carbocycles. The zero-order valence-electron chi connectivity index (χ0n) is 8.67. The van der Waals surface area contributed by atoms with Gasteiger partial charge in [-0.1, -0.05) is 24.3 Å². The van der Waals surface area contributed by atoms with E-state index in [2.05, 4.69) is 0 Å². The maximum atomic E-state index is 11.6. The molecule has 0 N–H and O–H groups in total. The fourth-order valence-corrected chi connectivity index (χ4v) is 1.30. The van der Waals surface area contributed by atoms with Crippen molar-refractivity contribution in [2.24, 2.45) is 0 Å². The predicted octanol–water partition coefficient (Wildman–Crippen LogP) is 3.05. The van der Waals surface area contributed by atoms with Gasteiger partial charge in [-0.25, -0.2) is 4.79 Å². The Morgan fingerprint density at radius 2 is 1.44 bits per heavy atom. The lowest BCUT2D eigenvalue weighted by Gasteiger charge is -2.10. The lowest BCUT2D eigenvalue weighted by molar-refractivity contribution is 0.0621. The zero-order valence-corrected chi connectivity index (χ0v) is 8.67. The highest BCUT2D eigenvalue weighted by atomic mass is 16.5. The highest BCUT2D eigenvalue weighted by Gasteiger charge is 2.02. The zero-order chi connectivity index (χ0) is 11.2. The van der Waals surface area contributed by atoms with Gasteiger partial charge in [0.05, 0.1) is 5.56 Å². The Kier molecular flexibility index (Phi) is 3.24. The molecule has 0 heterocycles. The fourth-order valence-electron chi connectivity index (χ4n) is 1.30. The summed E-state index contributed by atoms with van der Waals surface area (Å²) in [5, 5.41) is 0. The summed E-state index contributed by atoms with van der Waals surface area (Å²) in [6, 6.07) is 18.4. The Hall–Kier alpha value is -2.22. The Morgan fingerprint density at radius 3 is 2.06 bits per heavy atom. The molecule has 2 aromatic rings. The Labute approximate surface area is 94.5 Å². The fraction of sp³-hybridized carbons (Fsp3) is 0. The van der Waals surface area contributed by atoms with Crippen molar-refractivity contribution in [2.75, 3.05) is 0 Å². The van der Waals surface area contributed by atoms with E-state index < -0.39 is 0 Å². The molecule has 0 saturated carbocycles. The molecule has 0 aliphatic heterocycles. The first-order chi connectivity index (χ1) is 7.86. The van der Waals surface area contributed by atoms with Crippen LogP contribution in [0.4, 0.5) is 0 Å². The number of hydrogen-bond acceptors (Lipinski definition) is 2. The number of benzene rings is 2. The molecule has 2 rings (SSSR count). The molecule has 0 atom stereocenters. The van der Waals surface area contributed by atoms with Crippen molar-refractivity contribution in [3.05, 3.63) is 78.4 Å². The Morgan fingerprint density at radius 1 is 0.875 bits per heavy atom. The van der Waals surface area contributed by atoms with E-state index in [0.29, 0.717) is 5.56 Å². The second kappa shape index (κ2) is 5.03. The quantitative estimate of drug-likeness (QED) is 0.576. The van der Waals surface area contributed by atoms with Crippen LogP contribution in [0, 0.1) is 6.61 Å². The number of ether oxygens (including phenoxy) is 1. The minimum Gasteiger partial charge on any atom is -0.494 e. The summed E-state index contributed by atoms with van der Waals surface area (Å²) < 4.78 is 5.05. The monoisotopic (exact) mass is 211 g/mol. The number of esters is 1. The molecular weight excluding hydrogens is 200 g/mol. The van der Waals surface area contributed by atoms with Crippen LogP contribution in [-0.2, 0) is 4.74 Å². The average molecular weight is 211 g/mol. The minimum absolute atomic E-state index is 0.343. The van der Waals surface area contributed by atoms with Gasteiger partial charge in [-0.2, -0.15) is 17.7 Å². The molecule has 0 fully saturated rings. The van der Waals surface area contributed by atoms with Gasteiger partial charge in [0.15, 0.2) is 0 Å². The van der Waals surface area contributed by atoms with E-state index in [9.17, 15) is 4.79 Å². The van der Waals surface area contributed by atoms with Gasteiger partial charge in [0, 0.05) is 0 Å². The third kappa shape index (κ3) is 2.64. The van der Waals surface area contributed by atoms with E-state index in [1.807, 2.05) is 36.4 Å². The lowest BCUT2D eigenvalue weighted by atomic mass is 10.2. The molecule has 0 unspecified atom stereocenters. The van der Waals surface area contributed by atoms with Crippen LogP contribution < -0.4 is 0 Å². The smallest absolute Gasteiger partial charge is 0.331 e. The minimum atomic E-state index is -0.343. The van der Waals surface area contributed by atoms with Crippen LogP contribution in [0.1, 0.15) is 15.9 Å². The average Bonchev–Trinajstić information content (AvgIpc) is 2.38. The molecule has 0 spiro atoms. The van der Waals surface area contributed by atoms with Gasteiger partial charge in [-0.3, -0.25) is 0 Å². The normalized spacial score (nSPS) is 9.50. The van der Waals surface area contributed by atoms with Crippen molar-refractivity contribution in [3.63, 3.8) is 0 Å². The van der Waals surface area contributed by atoms with Gasteiger partial charge in [0.2, 0.25) is 0 Å². The topological polar surface area (TPSA) is 26.3 Å². The summed E-state index contributed by atoms with van der Waals surface area (Å²) in [5.41, 5.74) is 1.42. The van der Waals surface area contributed by atoms with Crippen LogP contribution in [0.3, 0.4) is 0 Å². The standard InChI is InChI=1S/C14H11O2/c15-14(13-9-5-2-6-10-13)16-11-12-7-3-1-4-8-12/h1-11H/q-1. The molecule has 0 aromatic heterocycles. The maximum Gasteiger partial charge on any atom is 0.331 e. The lowest BCUT2D eigenvalue weighted by Crippen LogP contribution is -2.03. The summed E-state index contributed by atoms with van der Waals surface area (Å²) >= 11 is 0. The van der Waals surface area contributed by atoms with E-state index in [-0.39, 0.29) is 5.97 Å². The Balaban J connectivity index is 1.95. The summed E-state index contributed by atoms with van der Waals surface area (Å²) in [6.07, 6.45) is 0. The van der Waals surface area contributed by atoms with Gasteiger partial charge in [0.1, 0.15) is 0 Å². The van der Waals surface area contributed by atoms with E-state index in [0.717, 1.165) is 5.56 Å². The molecule has 80 valence electrons. The van der Waals surface area contributed by atoms with Gasteiger partial charge in [0.25, 0.3) is 0 Å². The molecular formula is C14H11O2-. The summed E-state index contributed by atoms with van der Waals surface area (Å²) in [6.45, 7) is 1.45. The van der Waals surface area contributed by atoms with Gasteiger partial charge >= 0.3 is 5.97 Å². The first kappa shape index (κ1) is 10.3. The third-order valence-electron chi connectivity index (χ3n) is 2.11. The van der Waals surface area contributed by atoms with Crippen molar-refractivity contribution >= 4 is 5.97 Å². The molecule has 0 bridgehead atoms. The largest absolute Gasteiger partial charge is 0.494 e. The number of carbonyl (C=O) groups excluding carboxylic acids is 1. The molecule has 2 nitrogen and oxygen atoms in total. The third-order valence-corrected chi connectivity index (χ3v) is 2.11. The highest BCUT2D eigenvalue weighted by molar-refractivity contribution is 5.89. The van der Waals surface area contributed by atoms with Gasteiger partial charge < -0.3 is 4.74 Å². The van der Waals surface area contributed by atoms with Crippen LogP contribution >= 0.6 is 0 Å².